The number of benzene rings is 1. The van der Waals surface area contributed by atoms with Crippen molar-refractivity contribution in [2.75, 3.05) is 11.9 Å². The molecule has 0 aromatic heterocycles. The number of carbonyl (C=O) groups is 1. The molecule has 2 rings (SSSR count). The van der Waals surface area contributed by atoms with Gasteiger partial charge in [0.15, 0.2) is 0 Å². The predicted octanol–water partition coefficient (Wildman–Crippen LogP) is 2.18. The Kier molecular flexibility index (Phi) is 4.31. The minimum absolute atomic E-state index is 0.106. The number of nitro benzene ring substituents is 1. The van der Waals surface area contributed by atoms with Crippen LogP contribution < -0.4 is 10.6 Å². The molecule has 0 saturated carbocycles. The molecule has 22 heavy (non-hydrogen) atoms. The van der Waals surface area contributed by atoms with Gasteiger partial charge in [-0.15, -0.1) is 0 Å². The van der Waals surface area contributed by atoms with Crippen molar-refractivity contribution in [1.29, 1.82) is 5.26 Å². The Morgan fingerprint density at radius 3 is 2.73 bits per heavy atom. The molecule has 1 heterocycles. The largest absolute Gasteiger partial charge is 0.372 e. The van der Waals surface area contributed by atoms with Gasteiger partial charge in [-0.1, -0.05) is 13.8 Å². The topological polar surface area (TPSA) is 108 Å². The Labute approximate surface area is 128 Å². The standard InChI is InChI=1S/C15H18N4O3/c1-3-15(4-2)9-17-14(20)13(15)18-12-6-5-11(19(21)22)7-10(12)8-16/h5-7,13,18H,3-4,9H2,1-2H3,(H,17,20). The fourth-order valence-electron chi connectivity index (χ4n) is 2.89. The van der Waals surface area contributed by atoms with E-state index in [2.05, 4.69) is 10.6 Å². The average Bonchev–Trinajstić information content (AvgIpc) is 2.84. The van der Waals surface area contributed by atoms with E-state index in [1.54, 1.807) is 0 Å². The van der Waals surface area contributed by atoms with Crippen molar-refractivity contribution in [2.24, 2.45) is 5.41 Å². The fraction of sp³-hybridized carbons (Fsp3) is 0.467. The number of nitro groups is 1. The van der Waals surface area contributed by atoms with Crippen LogP contribution in [0.2, 0.25) is 0 Å². The molecule has 2 N–H and O–H groups in total. The molecule has 1 aromatic rings. The summed E-state index contributed by atoms with van der Waals surface area (Å²) in [6.07, 6.45) is 1.63. The van der Waals surface area contributed by atoms with Gasteiger partial charge < -0.3 is 10.6 Å². The number of anilines is 1. The Morgan fingerprint density at radius 1 is 1.50 bits per heavy atom. The lowest BCUT2D eigenvalue weighted by molar-refractivity contribution is -0.384. The zero-order valence-electron chi connectivity index (χ0n) is 12.5. The quantitative estimate of drug-likeness (QED) is 0.640. The van der Waals surface area contributed by atoms with Gasteiger partial charge in [0.2, 0.25) is 5.91 Å². The molecule has 1 aromatic carbocycles. The van der Waals surface area contributed by atoms with E-state index >= 15 is 0 Å². The lowest BCUT2D eigenvalue weighted by atomic mass is 9.77. The van der Waals surface area contributed by atoms with E-state index in [-0.39, 0.29) is 22.6 Å². The maximum absolute atomic E-state index is 12.1. The van der Waals surface area contributed by atoms with Crippen LogP contribution in [0, 0.1) is 26.9 Å². The second-order valence-electron chi connectivity index (χ2n) is 5.46. The zero-order chi connectivity index (χ0) is 16.3. The molecule has 1 fully saturated rings. The third-order valence-electron chi connectivity index (χ3n) is 4.53. The van der Waals surface area contributed by atoms with Gasteiger partial charge in [0.05, 0.1) is 16.2 Å². The summed E-state index contributed by atoms with van der Waals surface area (Å²) >= 11 is 0. The summed E-state index contributed by atoms with van der Waals surface area (Å²) in [6, 6.07) is 5.53. The maximum Gasteiger partial charge on any atom is 0.270 e. The van der Waals surface area contributed by atoms with Crippen LogP contribution in [0.1, 0.15) is 32.3 Å². The van der Waals surface area contributed by atoms with Gasteiger partial charge >= 0.3 is 0 Å². The first-order chi connectivity index (χ1) is 10.5. The van der Waals surface area contributed by atoms with E-state index in [4.69, 9.17) is 0 Å². The van der Waals surface area contributed by atoms with Crippen LogP contribution >= 0.6 is 0 Å². The monoisotopic (exact) mass is 302 g/mol. The Morgan fingerprint density at radius 2 is 2.18 bits per heavy atom. The molecular weight excluding hydrogens is 284 g/mol. The molecule has 0 radical (unpaired) electrons. The average molecular weight is 302 g/mol. The number of nitriles is 1. The number of amides is 1. The van der Waals surface area contributed by atoms with Gasteiger partial charge in [-0.3, -0.25) is 14.9 Å². The minimum Gasteiger partial charge on any atom is -0.372 e. The van der Waals surface area contributed by atoms with Crippen LogP contribution in [0.3, 0.4) is 0 Å². The number of carbonyl (C=O) groups excluding carboxylic acids is 1. The highest BCUT2D eigenvalue weighted by Gasteiger charge is 2.46. The molecule has 116 valence electrons. The van der Waals surface area contributed by atoms with E-state index in [1.807, 2.05) is 19.9 Å². The number of rotatable bonds is 5. The number of nitrogens with one attached hydrogen (secondary N) is 2. The lowest BCUT2D eigenvalue weighted by Gasteiger charge is -2.32. The third kappa shape index (κ3) is 2.60. The van der Waals surface area contributed by atoms with E-state index in [0.717, 1.165) is 12.8 Å². The van der Waals surface area contributed by atoms with Crippen LogP contribution in [0.4, 0.5) is 11.4 Å². The Bertz CT molecular complexity index is 647. The van der Waals surface area contributed by atoms with Crippen LogP contribution in [-0.4, -0.2) is 23.4 Å². The summed E-state index contributed by atoms with van der Waals surface area (Å²) < 4.78 is 0. The maximum atomic E-state index is 12.1. The second kappa shape index (κ2) is 6.02. The van der Waals surface area contributed by atoms with Gasteiger partial charge in [-0.2, -0.15) is 5.26 Å². The number of non-ortho nitro benzene ring substituents is 1. The summed E-state index contributed by atoms with van der Waals surface area (Å²) in [4.78, 5) is 22.4. The normalized spacial score (nSPS) is 19.3. The van der Waals surface area contributed by atoms with E-state index in [0.29, 0.717) is 12.2 Å². The van der Waals surface area contributed by atoms with Crippen LogP contribution in [-0.2, 0) is 4.79 Å². The summed E-state index contributed by atoms with van der Waals surface area (Å²) in [5.41, 5.74) is 0.248. The van der Waals surface area contributed by atoms with Crippen molar-refractivity contribution in [3.05, 3.63) is 33.9 Å². The minimum atomic E-state index is -0.546. The summed E-state index contributed by atoms with van der Waals surface area (Å²) in [7, 11) is 0. The Balaban J connectivity index is 2.35. The zero-order valence-corrected chi connectivity index (χ0v) is 12.5. The van der Waals surface area contributed by atoms with Crippen LogP contribution in [0.5, 0.6) is 0 Å². The van der Waals surface area contributed by atoms with Gasteiger partial charge in [-0.05, 0) is 18.9 Å². The van der Waals surface area contributed by atoms with E-state index < -0.39 is 11.0 Å². The first-order valence-corrected chi connectivity index (χ1v) is 7.20. The highest BCUT2D eigenvalue weighted by Crippen LogP contribution is 2.36. The molecule has 1 aliphatic rings. The molecule has 0 spiro atoms. The van der Waals surface area contributed by atoms with Crippen LogP contribution in [0.15, 0.2) is 18.2 Å². The first kappa shape index (κ1) is 15.8. The molecule has 1 saturated heterocycles. The number of hydrogen-bond acceptors (Lipinski definition) is 5. The third-order valence-corrected chi connectivity index (χ3v) is 4.53. The van der Waals surface area contributed by atoms with E-state index in [1.165, 1.54) is 18.2 Å². The SMILES string of the molecule is CCC1(CC)CNC(=O)C1Nc1ccc([N+](=O)[O-])cc1C#N. The molecule has 7 nitrogen and oxygen atoms in total. The first-order valence-electron chi connectivity index (χ1n) is 7.20. The molecule has 1 amide bonds. The van der Waals surface area contributed by atoms with Gasteiger partial charge in [-0.25, -0.2) is 0 Å². The highest BCUT2D eigenvalue weighted by molar-refractivity contribution is 5.88. The van der Waals surface area contributed by atoms with Gasteiger partial charge in [0, 0.05) is 24.1 Å². The number of nitrogens with zero attached hydrogens (tertiary/aromatic N) is 2. The van der Waals surface area contributed by atoms with Crippen LogP contribution in [0.25, 0.3) is 0 Å². The molecule has 1 atom stereocenters. The molecule has 1 aliphatic heterocycles. The van der Waals surface area contributed by atoms with Crippen molar-refractivity contribution in [2.45, 2.75) is 32.7 Å². The van der Waals surface area contributed by atoms with Crippen molar-refractivity contribution >= 4 is 17.3 Å². The van der Waals surface area contributed by atoms with Crippen molar-refractivity contribution in [3.63, 3.8) is 0 Å². The molecule has 0 bridgehead atoms. The molecule has 7 heteroatoms. The number of hydrogen-bond donors (Lipinski definition) is 2. The second-order valence-corrected chi connectivity index (χ2v) is 5.46. The highest BCUT2D eigenvalue weighted by atomic mass is 16.6. The fourth-order valence-corrected chi connectivity index (χ4v) is 2.89. The summed E-state index contributed by atoms with van der Waals surface area (Å²) in [5.74, 6) is -0.106. The Hall–Kier alpha value is -2.62. The summed E-state index contributed by atoms with van der Waals surface area (Å²) in [5, 5.41) is 25.9. The summed E-state index contributed by atoms with van der Waals surface area (Å²) in [6.45, 7) is 4.64. The molecular formula is C15H18N4O3. The van der Waals surface area contributed by atoms with Gasteiger partial charge in [0.1, 0.15) is 12.1 Å². The van der Waals surface area contributed by atoms with Gasteiger partial charge in [0.25, 0.3) is 5.69 Å². The van der Waals surface area contributed by atoms with E-state index in [9.17, 15) is 20.2 Å². The van der Waals surface area contributed by atoms with Crippen molar-refractivity contribution in [3.8, 4) is 6.07 Å². The smallest absolute Gasteiger partial charge is 0.270 e. The lowest BCUT2D eigenvalue weighted by Crippen LogP contribution is -2.41. The molecule has 0 aliphatic carbocycles. The van der Waals surface area contributed by atoms with Crippen molar-refractivity contribution < 1.29 is 9.72 Å². The van der Waals surface area contributed by atoms with Crippen molar-refractivity contribution in [1.82, 2.24) is 5.32 Å². The predicted molar refractivity (Wildman–Crippen MR) is 81.2 cm³/mol. The molecule has 1 unspecified atom stereocenters.